The Balaban J connectivity index is 2.36. The van der Waals surface area contributed by atoms with E-state index in [0.29, 0.717) is 4.60 Å². The highest BCUT2D eigenvalue weighted by molar-refractivity contribution is 9.10. The normalized spacial score (nSPS) is 11.6. The van der Waals surface area contributed by atoms with Gasteiger partial charge in [0.1, 0.15) is 9.63 Å². The number of rotatable bonds is 2. The summed E-state index contributed by atoms with van der Waals surface area (Å²) in [6.45, 7) is 0. The maximum atomic E-state index is 12.8. The van der Waals surface area contributed by atoms with Crippen molar-refractivity contribution in [3.8, 4) is 0 Å². The number of anilines is 1. The van der Waals surface area contributed by atoms with Gasteiger partial charge in [-0.3, -0.25) is 4.98 Å². The number of pyridine rings is 1. The predicted molar refractivity (Wildman–Crippen MR) is 67.5 cm³/mol. The minimum absolute atomic E-state index is 0.0500. The average molecular weight is 351 g/mol. The molecule has 2 rings (SSSR count). The lowest BCUT2D eigenvalue weighted by molar-refractivity contribution is -0.143. The molecule has 100 valence electrons. The van der Waals surface area contributed by atoms with Crippen molar-refractivity contribution in [2.75, 3.05) is 5.73 Å². The Labute approximate surface area is 118 Å². The van der Waals surface area contributed by atoms with E-state index in [0.717, 1.165) is 18.0 Å². The molecular formula is C10H6BrF3N4S. The molecule has 0 amide bonds. The largest absolute Gasteiger partial charge is 0.434 e. The number of alkyl halides is 3. The number of nitrogen functional groups attached to an aromatic ring is 1. The van der Waals surface area contributed by atoms with E-state index in [1.165, 1.54) is 18.3 Å². The van der Waals surface area contributed by atoms with Crippen LogP contribution in [0, 0.1) is 0 Å². The maximum absolute atomic E-state index is 12.8. The topological polar surface area (TPSA) is 64.7 Å². The number of aromatic nitrogens is 3. The van der Waals surface area contributed by atoms with Crippen LogP contribution in [0.2, 0.25) is 0 Å². The van der Waals surface area contributed by atoms with E-state index in [2.05, 4.69) is 30.9 Å². The van der Waals surface area contributed by atoms with Gasteiger partial charge in [-0.2, -0.15) is 13.2 Å². The lowest BCUT2D eigenvalue weighted by Gasteiger charge is -2.10. The van der Waals surface area contributed by atoms with Gasteiger partial charge in [0.05, 0.1) is 6.20 Å². The van der Waals surface area contributed by atoms with Crippen LogP contribution >= 0.6 is 27.7 Å². The van der Waals surface area contributed by atoms with Crippen LogP contribution in [0.1, 0.15) is 5.69 Å². The molecule has 2 heterocycles. The van der Waals surface area contributed by atoms with E-state index >= 15 is 0 Å². The highest BCUT2D eigenvalue weighted by atomic mass is 79.9. The molecule has 0 saturated carbocycles. The van der Waals surface area contributed by atoms with E-state index < -0.39 is 11.9 Å². The number of hydrogen-bond donors (Lipinski definition) is 1. The molecule has 0 bridgehead atoms. The number of halogens is 4. The molecular weight excluding hydrogens is 345 g/mol. The molecule has 2 aromatic rings. The quantitative estimate of drug-likeness (QED) is 0.899. The molecule has 0 saturated heterocycles. The zero-order chi connectivity index (χ0) is 14.0. The Morgan fingerprint density at radius 3 is 2.63 bits per heavy atom. The van der Waals surface area contributed by atoms with Gasteiger partial charge in [0.2, 0.25) is 0 Å². The van der Waals surface area contributed by atoms with Crippen LogP contribution in [0.3, 0.4) is 0 Å². The van der Waals surface area contributed by atoms with Crippen LogP contribution in [-0.4, -0.2) is 15.0 Å². The monoisotopic (exact) mass is 350 g/mol. The van der Waals surface area contributed by atoms with E-state index in [1.807, 2.05) is 0 Å². The molecule has 0 unspecified atom stereocenters. The summed E-state index contributed by atoms with van der Waals surface area (Å²) in [7, 11) is 0. The summed E-state index contributed by atoms with van der Waals surface area (Å²) >= 11 is 3.87. The Hall–Kier alpha value is -1.35. The Morgan fingerprint density at radius 2 is 2.00 bits per heavy atom. The highest BCUT2D eigenvalue weighted by Gasteiger charge is 2.35. The lowest BCUT2D eigenvalue weighted by atomic mass is 10.3. The Bertz CT molecular complexity index is 606. The van der Waals surface area contributed by atoms with Crippen molar-refractivity contribution in [3.63, 3.8) is 0 Å². The van der Waals surface area contributed by atoms with Crippen LogP contribution in [0.5, 0.6) is 0 Å². The van der Waals surface area contributed by atoms with Crippen molar-refractivity contribution in [3.05, 3.63) is 34.8 Å². The lowest BCUT2D eigenvalue weighted by Crippen LogP contribution is -2.09. The van der Waals surface area contributed by atoms with Crippen LogP contribution in [-0.2, 0) is 6.18 Å². The minimum atomic E-state index is -4.52. The standard InChI is InChI=1S/C10H6BrF3N4S/c11-8-9(15)18-6(4-17-8)19-5-2-1-3-16-7(5)10(12,13)14/h1-4H,(H2,15,18). The second-order valence-electron chi connectivity index (χ2n) is 3.33. The third-order valence-electron chi connectivity index (χ3n) is 1.98. The zero-order valence-corrected chi connectivity index (χ0v) is 11.6. The van der Waals surface area contributed by atoms with Gasteiger partial charge >= 0.3 is 6.18 Å². The van der Waals surface area contributed by atoms with Crippen LogP contribution in [0.15, 0.2) is 39.1 Å². The molecule has 2 aromatic heterocycles. The summed E-state index contributed by atoms with van der Waals surface area (Å²) < 4.78 is 38.6. The molecule has 0 aromatic carbocycles. The molecule has 0 radical (unpaired) electrons. The smallest absolute Gasteiger partial charge is 0.381 e. The molecule has 0 spiro atoms. The Morgan fingerprint density at radius 1 is 1.26 bits per heavy atom. The first kappa shape index (κ1) is 14.1. The summed E-state index contributed by atoms with van der Waals surface area (Å²) in [5.41, 5.74) is 4.57. The molecule has 0 aliphatic carbocycles. The second kappa shape index (κ2) is 5.33. The average Bonchev–Trinajstić information content (AvgIpc) is 2.33. The fraction of sp³-hybridized carbons (Fsp3) is 0.100. The summed E-state index contributed by atoms with van der Waals surface area (Å²) in [6.07, 6.45) is -2.09. The van der Waals surface area contributed by atoms with Gasteiger partial charge in [0, 0.05) is 11.1 Å². The van der Waals surface area contributed by atoms with Gasteiger partial charge in [0.15, 0.2) is 11.5 Å². The van der Waals surface area contributed by atoms with Gasteiger partial charge in [-0.25, -0.2) is 9.97 Å². The van der Waals surface area contributed by atoms with E-state index in [9.17, 15) is 13.2 Å². The third kappa shape index (κ3) is 3.35. The van der Waals surface area contributed by atoms with Crippen LogP contribution in [0.25, 0.3) is 0 Å². The maximum Gasteiger partial charge on any atom is 0.434 e. The first-order valence-corrected chi connectivity index (χ1v) is 6.47. The number of nitrogens with zero attached hydrogens (tertiary/aromatic N) is 3. The molecule has 0 aliphatic rings. The van der Waals surface area contributed by atoms with Gasteiger partial charge in [-0.1, -0.05) is 11.8 Å². The van der Waals surface area contributed by atoms with Crippen molar-refractivity contribution < 1.29 is 13.2 Å². The summed E-state index contributed by atoms with van der Waals surface area (Å²) in [6, 6.07) is 2.74. The Kier molecular flexibility index (Phi) is 3.95. The summed E-state index contributed by atoms with van der Waals surface area (Å²) in [5, 5.41) is 0.263. The fourth-order valence-electron chi connectivity index (χ4n) is 1.22. The van der Waals surface area contributed by atoms with E-state index in [4.69, 9.17) is 5.73 Å². The van der Waals surface area contributed by atoms with Crippen molar-refractivity contribution in [1.29, 1.82) is 0 Å². The third-order valence-corrected chi connectivity index (χ3v) is 3.55. The first-order valence-electron chi connectivity index (χ1n) is 4.86. The molecule has 19 heavy (non-hydrogen) atoms. The second-order valence-corrected chi connectivity index (χ2v) is 5.15. The molecule has 9 heteroatoms. The first-order chi connectivity index (χ1) is 8.88. The molecule has 4 nitrogen and oxygen atoms in total. The van der Waals surface area contributed by atoms with Crippen LogP contribution in [0.4, 0.5) is 19.0 Å². The van der Waals surface area contributed by atoms with Gasteiger partial charge < -0.3 is 5.73 Å². The molecule has 2 N–H and O–H groups in total. The van der Waals surface area contributed by atoms with Gasteiger partial charge in [0.25, 0.3) is 0 Å². The molecule has 0 aliphatic heterocycles. The summed E-state index contributed by atoms with van der Waals surface area (Å²) in [5.74, 6) is 0.113. The highest BCUT2D eigenvalue weighted by Crippen LogP contribution is 2.37. The summed E-state index contributed by atoms with van der Waals surface area (Å²) in [4.78, 5) is 11.1. The number of hydrogen-bond acceptors (Lipinski definition) is 5. The fourth-order valence-corrected chi connectivity index (χ4v) is 2.30. The van der Waals surface area contributed by atoms with Gasteiger partial charge in [-0.15, -0.1) is 0 Å². The van der Waals surface area contributed by atoms with Crippen molar-refractivity contribution in [2.45, 2.75) is 16.1 Å². The van der Waals surface area contributed by atoms with Crippen molar-refractivity contribution in [2.24, 2.45) is 0 Å². The number of nitrogens with two attached hydrogens (primary N) is 1. The van der Waals surface area contributed by atoms with Crippen molar-refractivity contribution in [1.82, 2.24) is 15.0 Å². The van der Waals surface area contributed by atoms with E-state index in [-0.39, 0.29) is 15.7 Å². The predicted octanol–water partition coefficient (Wildman–Crippen LogP) is 3.39. The SMILES string of the molecule is Nc1nc(Sc2cccnc2C(F)(F)F)cnc1Br. The molecule has 0 fully saturated rings. The molecule has 0 atom stereocenters. The zero-order valence-electron chi connectivity index (χ0n) is 9.15. The van der Waals surface area contributed by atoms with Crippen molar-refractivity contribution >= 4 is 33.5 Å². The minimum Gasteiger partial charge on any atom is -0.381 e. The van der Waals surface area contributed by atoms with E-state index in [1.54, 1.807) is 0 Å². The van der Waals surface area contributed by atoms with Gasteiger partial charge in [-0.05, 0) is 28.1 Å². The van der Waals surface area contributed by atoms with Crippen LogP contribution < -0.4 is 5.73 Å².